The van der Waals surface area contributed by atoms with Gasteiger partial charge in [0.15, 0.2) is 0 Å². The van der Waals surface area contributed by atoms with Gasteiger partial charge in [-0.05, 0) is 18.3 Å². The van der Waals surface area contributed by atoms with Gasteiger partial charge in [0.1, 0.15) is 6.10 Å². The molecule has 0 aromatic rings. The number of hydrogen-bond acceptors (Lipinski definition) is 4. The van der Waals surface area contributed by atoms with Crippen molar-refractivity contribution in [1.82, 2.24) is 0 Å². The van der Waals surface area contributed by atoms with E-state index >= 15 is 0 Å². The van der Waals surface area contributed by atoms with Crippen molar-refractivity contribution in [2.45, 2.75) is 76.7 Å². The molecule has 0 radical (unpaired) electrons. The maximum atomic E-state index is 10.0. The van der Waals surface area contributed by atoms with E-state index in [9.17, 15) is 15.3 Å². The fourth-order valence-electron chi connectivity index (χ4n) is 2.80. The predicted molar refractivity (Wildman–Crippen MR) is 72.0 cm³/mol. The summed E-state index contributed by atoms with van der Waals surface area (Å²) in [6, 6.07) is -0.448. The Bertz CT molecular complexity index is 229. The van der Waals surface area contributed by atoms with Crippen molar-refractivity contribution in [2.24, 2.45) is 17.6 Å². The molecule has 108 valence electrons. The smallest absolute Gasteiger partial charge is 0.107 e. The highest BCUT2D eigenvalue weighted by atomic mass is 16.4. The Morgan fingerprint density at radius 1 is 0.944 bits per heavy atom. The van der Waals surface area contributed by atoms with Crippen molar-refractivity contribution >= 4 is 0 Å². The van der Waals surface area contributed by atoms with Crippen LogP contribution in [0.25, 0.3) is 0 Å². The van der Waals surface area contributed by atoms with Crippen molar-refractivity contribution in [1.29, 1.82) is 0 Å². The first-order valence-electron chi connectivity index (χ1n) is 7.23. The summed E-state index contributed by atoms with van der Waals surface area (Å²) >= 11 is 0. The second-order valence-electron chi connectivity index (χ2n) is 6.12. The topological polar surface area (TPSA) is 86.7 Å². The van der Waals surface area contributed by atoms with E-state index < -0.39 is 24.4 Å². The molecule has 1 aliphatic rings. The molecule has 4 nitrogen and oxygen atoms in total. The molecule has 4 heteroatoms. The quantitative estimate of drug-likeness (QED) is 0.573. The molecule has 0 aromatic carbocycles. The average molecular weight is 259 g/mol. The average Bonchev–Trinajstić information content (AvgIpc) is 2.37. The van der Waals surface area contributed by atoms with Gasteiger partial charge in [-0.15, -0.1) is 0 Å². The minimum Gasteiger partial charge on any atom is -0.390 e. The van der Waals surface area contributed by atoms with Crippen LogP contribution >= 0.6 is 0 Å². The third-order valence-electron chi connectivity index (χ3n) is 4.15. The molecular formula is C14H29NO3. The van der Waals surface area contributed by atoms with Crippen LogP contribution in [0.3, 0.4) is 0 Å². The van der Waals surface area contributed by atoms with Gasteiger partial charge in [-0.1, -0.05) is 46.0 Å². The highest BCUT2D eigenvalue weighted by molar-refractivity contribution is 4.86. The Morgan fingerprint density at radius 3 is 2.00 bits per heavy atom. The van der Waals surface area contributed by atoms with E-state index in [1.54, 1.807) is 0 Å². The van der Waals surface area contributed by atoms with E-state index in [0.29, 0.717) is 5.92 Å². The van der Waals surface area contributed by atoms with Crippen LogP contribution in [0, 0.1) is 11.8 Å². The minimum atomic E-state index is -1.15. The van der Waals surface area contributed by atoms with Crippen LogP contribution in [0.15, 0.2) is 0 Å². The summed E-state index contributed by atoms with van der Waals surface area (Å²) in [5, 5.41) is 29.6. The molecular weight excluding hydrogens is 230 g/mol. The molecule has 0 aliphatic heterocycles. The molecule has 0 amide bonds. The molecule has 0 spiro atoms. The molecule has 1 fully saturated rings. The zero-order chi connectivity index (χ0) is 13.7. The SMILES string of the molecule is CC(C)C(O)C(O)C(O)C(N)CC1CCCCC1. The Kier molecular flexibility index (Phi) is 6.57. The van der Waals surface area contributed by atoms with Gasteiger partial charge in [0.05, 0.1) is 12.2 Å². The summed E-state index contributed by atoms with van der Waals surface area (Å²) in [7, 11) is 0. The normalized spacial score (nSPS) is 24.8. The Morgan fingerprint density at radius 2 is 1.50 bits per heavy atom. The lowest BCUT2D eigenvalue weighted by Gasteiger charge is -2.32. The Balaban J connectivity index is 2.41. The predicted octanol–water partition coefficient (Wildman–Crippen LogP) is 1.02. The number of nitrogens with two attached hydrogens (primary N) is 1. The van der Waals surface area contributed by atoms with Gasteiger partial charge < -0.3 is 21.1 Å². The summed E-state index contributed by atoms with van der Waals surface area (Å²) in [6.45, 7) is 3.63. The fourth-order valence-corrected chi connectivity index (χ4v) is 2.80. The number of rotatable bonds is 6. The fraction of sp³-hybridized carbons (Fsp3) is 1.00. The molecule has 1 aliphatic carbocycles. The van der Waals surface area contributed by atoms with Crippen molar-refractivity contribution in [3.63, 3.8) is 0 Å². The zero-order valence-electron chi connectivity index (χ0n) is 11.6. The van der Waals surface area contributed by atoms with E-state index in [2.05, 4.69) is 0 Å². The van der Waals surface area contributed by atoms with E-state index in [0.717, 1.165) is 6.42 Å². The van der Waals surface area contributed by atoms with E-state index in [4.69, 9.17) is 5.73 Å². The zero-order valence-corrected chi connectivity index (χ0v) is 11.6. The second kappa shape index (κ2) is 7.43. The van der Waals surface area contributed by atoms with Gasteiger partial charge in [0.2, 0.25) is 0 Å². The molecule has 18 heavy (non-hydrogen) atoms. The summed E-state index contributed by atoms with van der Waals surface area (Å²) in [4.78, 5) is 0. The number of hydrogen-bond donors (Lipinski definition) is 4. The maximum Gasteiger partial charge on any atom is 0.107 e. The third-order valence-corrected chi connectivity index (χ3v) is 4.15. The van der Waals surface area contributed by atoms with Crippen LogP contribution in [0.2, 0.25) is 0 Å². The van der Waals surface area contributed by atoms with E-state index in [1.807, 2.05) is 13.8 Å². The van der Waals surface area contributed by atoms with Crippen LogP contribution in [0.5, 0.6) is 0 Å². The summed E-state index contributed by atoms with van der Waals surface area (Å²) in [5.74, 6) is 0.475. The number of aliphatic hydroxyl groups excluding tert-OH is 3. The molecule has 0 saturated heterocycles. The molecule has 0 bridgehead atoms. The van der Waals surface area contributed by atoms with Crippen molar-refractivity contribution in [2.75, 3.05) is 0 Å². The van der Waals surface area contributed by atoms with Crippen LogP contribution in [-0.4, -0.2) is 39.7 Å². The number of aliphatic hydroxyl groups is 3. The molecule has 1 rings (SSSR count). The second-order valence-corrected chi connectivity index (χ2v) is 6.12. The van der Waals surface area contributed by atoms with Gasteiger partial charge >= 0.3 is 0 Å². The van der Waals surface area contributed by atoms with E-state index in [1.165, 1.54) is 32.1 Å². The van der Waals surface area contributed by atoms with E-state index in [-0.39, 0.29) is 5.92 Å². The first-order valence-corrected chi connectivity index (χ1v) is 7.23. The Hall–Kier alpha value is -0.160. The summed E-state index contributed by atoms with van der Waals surface area (Å²) in [6.07, 6.45) is 3.75. The van der Waals surface area contributed by atoms with Gasteiger partial charge in [0, 0.05) is 6.04 Å². The Labute approximate surface area is 110 Å². The van der Waals surface area contributed by atoms with Gasteiger partial charge in [-0.25, -0.2) is 0 Å². The molecule has 0 heterocycles. The van der Waals surface area contributed by atoms with Crippen LogP contribution in [-0.2, 0) is 0 Å². The van der Waals surface area contributed by atoms with Crippen molar-refractivity contribution in [3.05, 3.63) is 0 Å². The lowest BCUT2D eigenvalue weighted by atomic mass is 9.82. The first kappa shape index (κ1) is 15.9. The maximum absolute atomic E-state index is 10.0. The molecule has 4 atom stereocenters. The third kappa shape index (κ3) is 4.50. The highest BCUT2D eigenvalue weighted by Gasteiger charge is 2.32. The summed E-state index contributed by atoms with van der Waals surface area (Å²) in [5.41, 5.74) is 5.97. The summed E-state index contributed by atoms with van der Waals surface area (Å²) < 4.78 is 0. The molecule has 1 saturated carbocycles. The van der Waals surface area contributed by atoms with Crippen molar-refractivity contribution in [3.8, 4) is 0 Å². The van der Waals surface area contributed by atoms with Gasteiger partial charge in [-0.2, -0.15) is 0 Å². The standard InChI is InChI=1S/C14H29NO3/c1-9(2)12(16)14(18)13(17)11(15)8-10-6-4-3-5-7-10/h9-14,16-18H,3-8,15H2,1-2H3. The highest BCUT2D eigenvalue weighted by Crippen LogP contribution is 2.28. The van der Waals surface area contributed by atoms with Crippen LogP contribution < -0.4 is 5.73 Å². The van der Waals surface area contributed by atoms with Gasteiger partial charge in [0.25, 0.3) is 0 Å². The van der Waals surface area contributed by atoms with Crippen LogP contribution in [0.4, 0.5) is 0 Å². The molecule has 4 unspecified atom stereocenters. The largest absolute Gasteiger partial charge is 0.390 e. The first-order chi connectivity index (χ1) is 8.43. The van der Waals surface area contributed by atoms with Gasteiger partial charge in [-0.3, -0.25) is 0 Å². The lowest BCUT2D eigenvalue weighted by molar-refractivity contribution is -0.0850. The monoisotopic (exact) mass is 259 g/mol. The lowest BCUT2D eigenvalue weighted by Crippen LogP contribution is -2.50. The molecule has 5 N–H and O–H groups in total. The molecule has 0 aromatic heterocycles. The minimum absolute atomic E-state index is 0.0865. The van der Waals surface area contributed by atoms with Crippen molar-refractivity contribution < 1.29 is 15.3 Å². The van der Waals surface area contributed by atoms with Crippen LogP contribution in [0.1, 0.15) is 52.4 Å².